The van der Waals surface area contributed by atoms with Crippen molar-refractivity contribution in [2.24, 2.45) is 17.8 Å². The van der Waals surface area contributed by atoms with E-state index in [1.807, 2.05) is 13.8 Å². The average Bonchev–Trinajstić information content (AvgIpc) is 3.85. The fourth-order valence-electron chi connectivity index (χ4n) is 8.67. The van der Waals surface area contributed by atoms with Gasteiger partial charge in [0.05, 0.1) is 36.4 Å². The molecule has 0 spiro atoms. The largest absolute Gasteiger partial charge is 0.508 e. The van der Waals surface area contributed by atoms with Gasteiger partial charge in [0, 0.05) is 22.6 Å². The first-order valence-corrected chi connectivity index (χ1v) is 20.1. The standard InChI is InChI=1S/C39H60N4O9S/c1-9-10-24(42(7)8)19-26-15-16-27(51-26)20(2)32(45)21(3)28-17-18-29(52-28)22(4)34(46)40-30(23-11-13-25(44)14-12-23)35(47)41-31-36(48)43-33(38(49)50)39(5,6)53-37(31)43/h11-14,20-22,24,26-33,37,44-45H,9-10,15-19H2,1-8H3,(H,40,46)(H,41,47)(H,49,50)/t20-,21-,22-,24-,26+,27-,28+,29-,30?,31-,32+,33+,37-/m1/s1. The van der Waals surface area contributed by atoms with E-state index in [1.54, 1.807) is 20.8 Å². The molecule has 13 nitrogen and oxygen atoms in total. The van der Waals surface area contributed by atoms with Crippen LogP contribution in [0.2, 0.25) is 0 Å². The van der Waals surface area contributed by atoms with Crippen LogP contribution in [0, 0.1) is 17.8 Å². The van der Waals surface area contributed by atoms with E-state index in [0.29, 0.717) is 24.4 Å². The monoisotopic (exact) mass is 760 g/mol. The van der Waals surface area contributed by atoms with Crippen LogP contribution in [0.3, 0.4) is 0 Å². The maximum atomic E-state index is 13.8. The summed E-state index contributed by atoms with van der Waals surface area (Å²) in [6, 6.07) is 3.20. The minimum atomic E-state index is -1.19. The van der Waals surface area contributed by atoms with Crippen LogP contribution in [0.15, 0.2) is 24.3 Å². The number of rotatable bonds is 16. The number of amides is 3. The summed E-state index contributed by atoms with van der Waals surface area (Å²) < 4.78 is 12.2. The Bertz CT molecular complexity index is 1480. The lowest BCUT2D eigenvalue weighted by molar-refractivity contribution is -0.161. The Hall–Kier alpha value is -2.91. The summed E-state index contributed by atoms with van der Waals surface area (Å²) in [5.41, 5.74) is 0.405. The van der Waals surface area contributed by atoms with Crippen molar-refractivity contribution >= 4 is 35.5 Å². The Morgan fingerprint density at radius 2 is 1.58 bits per heavy atom. The first-order chi connectivity index (χ1) is 24.9. The topological polar surface area (TPSA) is 178 Å². The van der Waals surface area contributed by atoms with Gasteiger partial charge in [-0.3, -0.25) is 14.4 Å². The molecule has 4 fully saturated rings. The number of phenolic OH excluding ortho intramolecular Hbond substituents is 1. The summed E-state index contributed by atoms with van der Waals surface area (Å²) in [5.74, 6) is -3.54. The highest BCUT2D eigenvalue weighted by Gasteiger charge is 2.64. The van der Waals surface area contributed by atoms with Crippen LogP contribution in [0.25, 0.3) is 0 Å². The van der Waals surface area contributed by atoms with Gasteiger partial charge in [0.15, 0.2) is 0 Å². The van der Waals surface area contributed by atoms with E-state index in [1.165, 1.54) is 40.9 Å². The van der Waals surface area contributed by atoms with Gasteiger partial charge in [-0.2, -0.15) is 0 Å². The van der Waals surface area contributed by atoms with Crippen molar-refractivity contribution in [1.82, 2.24) is 20.4 Å². The Morgan fingerprint density at radius 3 is 2.19 bits per heavy atom. The molecule has 4 aliphatic rings. The Morgan fingerprint density at radius 1 is 0.981 bits per heavy atom. The minimum Gasteiger partial charge on any atom is -0.508 e. The van der Waals surface area contributed by atoms with Gasteiger partial charge >= 0.3 is 5.97 Å². The number of nitrogens with one attached hydrogen (secondary N) is 2. The number of aromatic hydroxyl groups is 1. The minimum absolute atomic E-state index is 0.0120. The van der Waals surface area contributed by atoms with Gasteiger partial charge in [0.2, 0.25) is 17.7 Å². The molecule has 0 radical (unpaired) electrons. The highest BCUT2D eigenvalue weighted by Crippen LogP contribution is 2.51. The summed E-state index contributed by atoms with van der Waals surface area (Å²) in [7, 11) is 4.24. The van der Waals surface area contributed by atoms with Gasteiger partial charge in [-0.05, 0) is 84.2 Å². The maximum Gasteiger partial charge on any atom is 0.327 e. The quantitative estimate of drug-likeness (QED) is 0.155. The van der Waals surface area contributed by atoms with Crippen LogP contribution in [0.4, 0.5) is 0 Å². The number of hydrogen-bond acceptors (Lipinski definition) is 10. The van der Waals surface area contributed by atoms with Crippen LogP contribution in [0.5, 0.6) is 5.75 Å². The summed E-state index contributed by atoms with van der Waals surface area (Å²) in [6.45, 7) is 11.5. The third-order valence-electron chi connectivity index (χ3n) is 12.1. The fraction of sp³-hybridized carbons (Fsp3) is 0.744. The van der Waals surface area contributed by atoms with Crippen molar-refractivity contribution in [2.75, 3.05) is 14.1 Å². The van der Waals surface area contributed by atoms with Gasteiger partial charge in [-0.15, -0.1) is 11.8 Å². The molecule has 5 rings (SSSR count). The highest BCUT2D eigenvalue weighted by molar-refractivity contribution is 8.01. The van der Waals surface area contributed by atoms with Gasteiger partial charge in [0.1, 0.15) is 29.2 Å². The number of fused-ring (bicyclic) bond motifs is 1. The first-order valence-electron chi connectivity index (χ1n) is 19.2. The van der Waals surface area contributed by atoms with E-state index >= 15 is 0 Å². The number of carbonyl (C=O) groups is 4. The molecule has 0 aromatic heterocycles. The second-order valence-corrected chi connectivity index (χ2v) is 18.2. The lowest BCUT2D eigenvalue weighted by Gasteiger charge is -2.44. The molecule has 0 aliphatic carbocycles. The first kappa shape index (κ1) is 41.3. The fourth-order valence-corrected chi connectivity index (χ4v) is 10.3. The van der Waals surface area contributed by atoms with Crippen molar-refractivity contribution in [3.05, 3.63) is 29.8 Å². The predicted molar refractivity (Wildman–Crippen MR) is 201 cm³/mol. The van der Waals surface area contributed by atoms with Crippen molar-refractivity contribution in [2.45, 2.75) is 151 Å². The number of carbonyl (C=O) groups excluding carboxylic acids is 3. The third-order valence-corrected chi connectivity index (χ3v) is 13.7. The number of benzene rings is 1. The lowest BCUT2D eigenvalue weighted by Crippen LogP contribution is -2.71. The zero-order valence-corrected chi connectivity index (χ0v) is 33.2. The summed E-state index contributed by atoms with van der Waals surface area (Å²) in [6.07, 6.45) is 5.26. The van der Waals surface area contributed by atoms with Crippen LogP contribution in [0.1, 0.15) is 98.1 Å². The zero-order valence-electron chi connectivity index (χ0n) is 32.4. The molecule has 4 saturated heterocycles. The van der Waals surface area contributed by atoms with Crippen LogP contribution in [-0.4, -0.2) is 122 Å². The second-order valence-electron chi connectivity index (χ2n) is 16.4. The van der Waals surface area contributed by atoms with Crippen molar-refractivity contribution in [1.29, 1.82) is 0 Å². The van der Waals surface area contributed by atoms with E-state index < -0.39 is 70.1 Å². The summed E-state index contributed by atoms with van der Waals surface area (Å²) >= 11 is 1.32. The predicted octanol–water partition coefficient (Wildman–Crippen LogP) is 3.67. The second kappa shape index (κ2) is 16.8. The van der Waals surface area contributed by atoms with Crippen molar-refractivity contribution in [3.63, 3.8) is 0 Å². The molecule has 1 aromatic carbocycles. The van der Waals surface area contributed by atoms with Crippen molar-refractivity contribution in [3.8, 4) is 5.75 Å². The van der Waals surface area contributed by atoms with E-state index in [4.69, 9.17) is 9.47 Å². The number of carboxylic acids is 1. The van der Waals surface area contributed by atoms with Crippen LogP contribution in [-0.2, 0) is 28.7 Å². The molecular formula is C39H60N4O9S. The molecule has 4 aliphatic heterocycles. The number of β-lactam (4-membered cyclic amide) rings is 1. The van der Waals surface area contributed by atoms with Gasteiger partial charge < -0.3 is 45.2 Å². The number of thioether (sulfide) groups is 1. The number of aliphatic carboxylic acids is 1. The van der Waals surface area contributed by atoms with Crippen LogP contribution >= 0.6 is 11.8 Å². The van der Waals surface area contributed by atoms with Gasteiger partial charge in [0.25, 0.3) is 0 Å². The summed E-state index contributed by atoms with van der Waals surface area (Å²) in [4.78, 5) is 56.2. The molecule has 3 amide bonds. The molecule has 1 aromatic rings. The Labute approximate surface area is 317 Å². The smallest absolute Gasteiger partial charge is 0.327 e. The SMILES string of the molecule is CCC[C@H](C[C@@H]1CC[C@H]([C@@H](C)[C@H](O)[C@H](C)[C@@H]2CC[C@H]([C@@H](C)C(=O)NC(C(=O)N[C@@H]3C(=O)N4[C@@H]3SC(C)(C)[C@@H]4C(=O)O)c3ccc(O)cc3)O2)O1)N(C)C. The Kier molecular flexibility index (Phi) is 13.1. The molecule has 53 heavy (non-hydrogen) atoms. The molecular weight excluding hydrogens is 701 g/mol. The number of aliphatic hydroxyl groups is 1. The number of hydrogen-bond donors (Lipinski definition) is 5. The average molecular weight is 761 g/mol. The number of ether oxygens (including phenoxy) is 2. The summed E-state index contributed by atoms with van der Waals surface area (Å²) in [5, 5.41) is 36.2. The molecule has 0 bridgehead atoms. The molecule has 296 valence electrons. The van der Waals surface area contributed by atoms with E-state index in [0.717, 1.165) is 32.1 Å². The van der Waals surface area contributed by atoms with E-state index in [9.17, 15) is 34.5 Å². The molecule has 14 heteroatoms. The molecule has 13 atom stereocenters. The number of carboxylic acid groups (broad SMARTS) is 1. The molecule has 0 saturated carbocycles. The molecule has 5 N–H and O–H groups in total. The molecule has 1 unspecified atom stereocenters. The van der Waals surface area contributed by atoms with Crippen LogP contribution < -0.4 is 10.6 Å². The van der Waals surface area contributed by atoms with E-state index in [2.05, 4.69) is 36.6 Å². The van der Waals surface area contributed by atoms with Crippen molar-refractivity contribution < 1.29 is 44.0 Å². The number of aliphatic hydroxyl groups excluding tert-OH is 1. The lowest BCUT2D eigenvalue weighted by atomic mass is 9.84. The number of nitrogens with zero attached hydrogens (tertiary/aromatic N) is 2. The maximum absolute atomic E-state index is 13.8. The van der Waals surface area contributed by atoms with E-state index in [-0.39, 0.29) is 35.9 Å². The zero-order chi connectivity index (χ0) is 38.9. The number of phenols is 1. The Balaban J connectivity index is 1.18. The molecule has 4 heterocycles. The van der Waals surface area contributed by atoms with Gasteiger partial charge in [-0.25, -0.2) is 4.79 Å². The van der Waals surface area contributed by atoms with Gasteiger partial charge in [-0.1, -0.05) is 46.2 Å². The third kappa shape index (κ3) is 8.82. The normalized spacial score (nSPS) is 31.2. The highest BCUT2D eigenvalue weighted by atomic mass is 32.2.